The molecule has 11 heavy (non-hydrogen) atoms. The molecule has 3 nitrogen and oxygen atoms in total. The minimum atomic E-state index is 0.250. The molecule has 2 fully saturated rings. The van der Waals surface area contributed by atoms with Crippen molar-refractivity contribution in [1.29, 1.82) is 0 Å². The monoisotopic (exact) mass is 156 g/mol. The van der Waals surface area contributed by atoms with E-state index < -0.39 is 0 Å². The molecular formula is C8H16N2O. The summed E-state index contributed by atoms with van der Waals surface area (Å²) < 4.78 is 0. The minimum Gasteiger partial charge on any atom is -0.372 e. The summed E-state index contributed by atoms with van der Waals surface area (Å²) in [6, 6.07) is 0.785. The van der Waals surface area contributed by atoms with E-state index in [2.05, 4.69) is 24.9 Å². The van der Waals surface area contributed by atoms with Gasteiger partial charge in [0, 0.05) is 6.04 Å². The fourth-order valence-electron chi connectivity index (χ4n) is 1.86. The summed E-state index contributed by atoms with van der Waals surface area (Å²) in [4.78, 5) is 8.58. The number of piperidine rings is 1. The van der Waals surface area contributed by atoms with Gasteiger partial charge < -0.3 is 11.1 Å². The highest BCUT2D eigenvalue weighted by Crippen LogP contribution is 2.57. The number of carbonyl (C=O) groups is 1. The van der Waals surface area contributed by atoms with Crippen LogP contribution in [0, 0.1) is 11.3 Å². The zero-order chi connectivity index (χ0) is 8.48. The molecular weight excluding hydrogens is 140 g/mol. The summed E-state index contributed by atoms with van der Waals surface area (Å²) in [5.74, 6) is 1.03. The van der Waals surface area contributed by atoms with E-state index >= 15 is 0 Å². The summed E-state index contributed by atoms with van der Waals surface area (Å²) in [5, 5.41) is 3.46. The Morgan fingerprint density at radius 1 is 1.73 bits per heavy atom. The van der Waals surface area contributed by atoms with Gasteiger partial charge >= 0.3 is 0 Å². The standard InChI is InChI=1S/C7H13N.CH3NO/c1-5-7(2)3-6(7)4-8-5;2-1-3/h5-6,8H,3-4H2,1-2H3;1H,(H2,2,3). The fraction of sp³-hybridized carbons (Fsp3) is 0.875. The summed E-state index contributed by atoms with van der Waals surface area (Å²) in [7, 11) is 0. The number of hydrogen-bond acceptors (Lipinski definition) is 2. The molecule has 0 radical (unpaired) electrons. The fourth-order valence-corrected chi connectivity index (χ4v) is 1.86. The van der Waals surface area contributed by atoms with Gasteiger partial charge in [0.1, 0.15) is 0 Å². The highest BCUT2D eigenvalue weighted by atomic mass is 16.1. The first-order valence-corrected chi connectivity index (χ1v) is 4.04. The van der Waals surface area contributed by atoms with Crippen molar-refractivity contribution in [3.05, 3.63) is 0 Å². The molecule has 0 aromatic carbocycles. The molecule has 1 aliphatic carbocycles. The van der Waals surface area contributed by atoms with Gasteiger partial charge in [-0.1, -0.05) is 6.92 Å². The lowest BCUT2D eigenvalue weighted by atomic mass is 10.0. The van der Waals surface area contributed by atoms with Crippen LogP contribution in [-0.4, -0.2) is 19.0 Å². The van der Waals surface area contributed by atoms with Gasteiger partial charge in [-0.3, -0.25) is 4.79 Å². The number of primary amides is 1. The van der Waals surface area contributed by atoms with Crippen molar-refractivity contribution in [3.63, 3.8) is 0 Å². The molecule has 0 bridgehead atoms. The molecule has 1 saturated heterocycles. The summed E-state index contributed by atoms with van der Waals surface area (Å²) >= 11 is 0. The van der Waals surface area contributed by atoms with Crippen molar-refractivity contribution >= 4 is 6.41 Å². The molecule has 3 heteroatoms. The molecule has 0 aromatic heterocycles. The molecule has 2 rings (SSSR count). The Hall–Kier alpha value is -0.570. The Morgan fingerprint density at radius 3 is 2.36 bits per heavy atom. The van der Waals surface area contributed by atoms with Crippen molar-refractivity contribution < 1.29 is 4.79 Å². The number of hydrogen-bond donors (Lipinski definition) is 2. The van der Waals surface area contributed by atoms with Crippen LogP contribution in [0.3, 0.4) is 0 Å². The molecule has 2 aliphatic rings. The molecule has 1 heterocycles. The van der Waals surface area contributed by atoms with Gasteiger partial charge in [0.2, 0.25) is 6.41 Å². The van der Waals surface area contributed by atoms with Gasteiger partial charge in [-0.2, -0.15) is 0 Å². The minimum absolute atomic E-state index is 0.250. The maximum atomic E-state index is 8.58. The normalized spacial score (nSPS) is 45.3. The summed E-state index contributed by atoms with van der Waals surface area (Å²) in [6.45, 7) is 5.97. The second kappa shape index (κ2) is 2.81. The van der Waals surface area contributed by atoms with Crippen LogP contribution >= 0.6 is 0 Å². The largest absolute Gasteiger partial charge is 0.372 e. The Balaban J connectivity index is 0.000000179. The zero-order valence-corrected chi connectivity index (χ0v) is 7.13. The maximum absolute atomic E-state index is 8.58. The summed E-state index contributed by atoms with van der Waals surface area (Å²) in [6.07, 6.45) is 1.72. The number of fused-ring (bicyclic) bond motifs is 1. The zero-order valence-electron chi connectivity index (χ0n) is 7.13. The predicted octanol–water partition coefficient (Wildman–Crippen LogP) is 0.106. The highest BCUT2D eigenvalue weighted by Gasteiger charge is 2.57. The SMILES string of the molecule is CC1NCC2CC21C.NC=O. The quantitative estimate of drug-likeness (QED) is 0.489. The van der Waals surface area contributed by atoms with Crippen molar-refractivity contribution in [2.24, 2.45) is 17.1 Å². The van der Waals surface area contributed by atoms with Gasteiger partial charge in [0.15, 0.2) is 0 Å². The Morgan fingerprint density at radius 2 is 2.27 bits per heavy atom. The van der Waals surface area contributed by atoms with Gasteiger partial charge in [-0.05, 0) is 31.2 Å². The van der Waals surface area contributed by atoms with E-state index in [-0.39, 0.29) is 6.41 Å². The van der Waals surface area contributed by atoms with Crippen LogP contribution in [0.25, 0.3) is 0 Å². The van der Waals surface area contributed by atoms with Crippen LogP contribution in [0.5, 0.6) is 0 Å². The molecule has 0 spiro atoms. The van der Waals surface area contributed by atoms with E-state index in [9.17, 15) is 0 Å². The third-order valence-corrected chi connectivity index (χ3v) is 3.12. The lowest BCUT2D eigenvalue weighted by molar-refractivity contribution is -0.106. The van der Waals surface area contributed by atoms with Crippen LogP contribution in [0.15, 0.2) is 0 Å². The van der Waals surface area contributed by atoms with Crippen molar-refractivity contribution in [1.82, 2.24) is 5.32 Å². The van der Waals surface area contributed by atoms with E-state index in [1.54, 1.807) is 0 Å². The smallest absolute Gasteiger partial charge is 0.204 e. The lowest BCUT2D eigenvalue weighted by Crippen LogP contribution is -2.26. The molecule has 1 amide bonds. The van der Waals surface area contributed by atoms with E-state index in [0.29, 0.717) is 5.41 Å². The Bertz CT molecular complexity index is 158. The lowest BCUT2D eigenvalue weighted by Gasteiger charge is -2.12. The second-order valence-electron chi connectivity index (χ2n) is 3.67. The molecule has 3 atom stereocenters. The maximum Gasteiger partial charge on any atom is 0.204 e. The van der Waals surface area contributed by atoms with Gasteiger partial charge in [-0.25, -0.2) is 0 Å². The number of nitrogens with two attached hydrogens (primary N) is 1. The first-order chi connectivity index (χ1) is 5.15. The van der Waals surface area contributed by atoms with Crippen LogP contribution in [0.4, 0.5) is 0 Å². The predicted molar refractivity (Wildman–Crippen MR) is 43.9 cm³/mol. The van der Waals surface area contributed by atoms with E-state index in [1.165, 1.54) is 13.0 Å². The first kappa shape index (κ1) is 8.53. The number of rotatable bonds is 0. The van der Waals surface area contributed by atoms with Crippen LogP contribution < -0.4 is 11.1 Å². The summed E-state index contributed by atoms with van der Waals surface area (Å²) in [5.41, 5.74) is 4.88. The molecule has 1 saturated carbocycles. The van der Waals surface area contributed by atoms with Gasteiger partial charge in [0.05, 0.1) is 0 Å². The van der Waals surface area contributed by atoms with E-state index in [4.69, 9.17) is 4.79 Å². The highest BCUT2D eigenvalue weighted by molar-refractivity contribution is 5.42. The van der Waals surface area contributed by atoms with E-state index in [1.807, 2.05) is 0 Å². The average Bonchev–Trinajstić information content (AvgIpc) is 2.53. The van der Waals surface area contributed by atoms with Crippen LogP contribution in [0.1, 0.15) is 20.3 Å². The van der Waals surface area contributed by atoms with Crippen molar-refractivity contribution in [3.8, 4) is 0 Å². The average molecular weight is 156 g/mol. The number of amides is 1. The van der Waals surface area contributed by atoms with E-state index in [0.717, 1.165) is 12.0 Å². The Labute approximate surface area is 67.3 Å². The molecule has 3 unspecified atom stereocenters. The van der Waals surface area contributed by atoms with Gasteiger partial charge in [0.25, 0.3) is 0 Å². The van der Waals surface area contributed by atoms with Gasteiger partial charge in [-0.15, -0.1) is 0 Å². The topological polar surface area (TPSA) is 55.1 Å². The van der Waals surface area contributed by atoms with Crippen molar-refractivity contribution in [2.75, 3.05) is 6.54 Å². The Kier molecular flexibility index (Phi) is 2.18. The molecule has 0 aromatic rings. The third-order valence-electron chi connectivity index (χ3n) is 3.12. The van der Waals surface area contributed by atoms with Crippen molar-refractivity contribution in [2.45, 2.75) is 26.3 Å². The molecule has 1 aliphatic heterocycles. The van der Waals surface area contributed by atoms with Crippen LogP contribution in [-0.2, 0) is 4.79 Å². The number of nitrogens with one attached hydrogen (secondary N) is 1. The third kappa shape index (κ3) is 1.38. The second-order valence-corrected chi connectivity index (χ2v) is 3.67. The first-order valence-electron chi connectivity index (χ1n) is 4.04. The molecule has 64 valence electrons. The van der Waals surface area contributed by atoms with Crippen LogP contribution in [0.2, 0.25) is 0 Å². The number of carbonyl (C=O) groups excluding carboxylic acids is 1. The molecule has 3 N–H and O–H groups in total.